The molecule has 0 aliphatic carbocycles. The molecule has 1 aromatic carbocycles. The first-order valence-corrected chi connectivity index (χ1v) is 9.79. The first-order valence-electron chi connectivity index (χ1n) is 7.93. The molecule has 0 aliphatic rings. The fourth-order valence-corrected chi connectivity index (χ4v) is 3.71. The highest BCUT2D eigenvalue weighted by Crippen LogP contribution is 2.25. The van der Waals surface area contributed by atoms with Crippen molar-refractivity contribution in [3.05, 3.63) is 69.7 Å². The number of thioether (sulfide) groups is 1. The molecule has 0 N–H and O–H groups in total. The standard InChI is InChI=1S/C17H13FN4O3S2/c1-10(24-13-4-2-11(18)3-5-13)15-20-21-17(25-15)27-9-12-8-14(23)22-6-7-26-16(22)19-12/h2-8,10H,9H2,1H3/t10-/m0/s1. The Hall–Kier alpha value is -2.72. The number of rotatable bonds is 6. The highest BCUT2D eigenvalue weighted by molar-refractivity contribution is 7.98. The Morgan fingerprint density at radius 2 is 2.15 bits per heavy atom. The predicted molar refractivity (Wildman–Crippen MR) is 98.6 cm³/mol. The number of nitrogens with zero attached hydrogens (tertiary/aromatic N) is 4. The highest BCUT2D eigenvalue weighted by Gasteiger charge is 2.16. The van der Waals surface area contributed by atoms with E-state index < -0.39 is 6.10 Å². The van der Waals surface area contributed by atoms with Gasteiger partial charge in [0.1, 0.15) is 11.6 Å². The summed E-state index contributed by atoms with van der Waals surface area (Å²) in [7, 11) is 0. The summed E-state index contributed by atoms with van der Waals surface area (Å²) in [6, 6.07) is 7.18. The van der Waals surface area contributed by atoms with Crippen LogP contribution in [0.15, 0.2) is 56.3 Å². The van der Waals surface area contributed by atoms with Crippen LogP contribution in [0.2, 0.25) is 0 Å². The van der Waals surface area contributed by atoms with Gasteiger partial charge in [-0.25, -0.2) is 9.37 Å². The third kappa shape index (κ3) is 4.01. The molecule has 27 heavy (non-hydrogen) atoms. The summed E-state index contributed by atoms with van der Waals surface area (Å²) in [5.41, 5.74) is 0.521. The first-order chi connectivity index (χ1) is 13.1. The molecule has 0 radical (unpaired) electrons. The maximum atomic E-state index is 12.9. The zero-order valence-corrected chi connectivity index (χ0v) is 15.7. The van der Waals surface area contributed by atoms with Crippen molar-refractivity contribution in [1.82, 2.24) is 19.6 Å². The summed E-state index contributed by atoms with van der Waals surface area (Å²) >= 11 is 2.69. The summed E-state index contributed by atoms with van der Waals surface area (Å²) in [5, 5.41) is 10.1. The van der Waals surface area contributed by atoms with Crippen LogP contribution in [0.4, 0.5) is 4.39 Å². The molecule has 0 saturated heterocycles. The van der Waals surface area contributed by atoms with E-state index in [-0.39, 0.29) is 11.4 Å². The maximum absolute atomic E-state index is 12.9. The molecule has 0 saturated carbocycles. The second-order valence-electron chi connectivity index (χ2n) is 5.55. The Morgan fingerprint density at radius 1 is 1.33 bits per heavy atom. The fraction of sp³-hybridized carbons (Fsp3) is 0.176. The van der Waals surface area contributed by atoms with E-state index in [2.05, 4.69) is 15.2 Å². The quantitative estimate of drug-likeness (QED) is 0.453. The van der Waals surface area contributed by atoms with E-state index in [0.717, 1.165) is 0 Å². The van der Waals surface area contributed by atoms with Gasteiger partial charge >= 0.3 is 0 Å². The molecule has 138 valence electrons. The summed E-state index contributed by atoms with van der Waals surface area (Å²) < 4.78 is 25.7. The van der Waals surface area contributed by atoms with Gasteiger partial charge in [-0.05, 0) is 31.2 Å². The molecule has 0 bridgehead atoms. The molecular formula is C17H13FN4O3S2. The minimum absolute atomic E-state index is 0.121. The van der Waals surface area contributed by atoms with Crippen molar-refractivity contribution in [2.45, 2.75) is 24.0 Å². The van der Waals surface area contributed by atoms with Crippen molar-refractivity contribution in [2.75, 3.05) is 0 Å². The van der Waals surface area contributed by atoms with Crippen LogP contribution in [0.5, 0.6) is 5.75 Å². The third-order valence-electron chi connectivity index (χ3n) is 3.60. The predicted octanol–water partition coefficient (Wildman–Crippen LogP) is 3.71. The van der Waals surface area contributed by atoms with Crippen LogP contribution in [0, 0.1) is 5.82 Å². The lowest BCUT2D eigenvalue weighted by atomic mass is 10.3. The lowest BCUT2D eigenvalue weighted by molar-refractivity contribution is 0.181. The van der Waals surface area contributed by atoms with Gasteiger partial charge < -0.3 is 9.15 Å². The summed E-state index contributed by atoms with van der Waals surface area (Å²) in [6.45, 7) is 1.76. The zero-order valence-electron chi connectivity index (χ0n) is 14.0. The molecule has 3 aromatic heterocycles. The van der Waals surface area contributed by atoms with E-state index in [4.69, 9.17) is 9.15 Å². The number of hydrogen-bond acceptors (Lipinski definition) is 8. The van der Waals surface area contributed by atoms with E-state index in [0.29, 0.717) is 33.3 Å². The van der Waals surface area contributed by atoms with E-state index in [9.17, 15) is 9.18 Å². The van der Waals surface area contributed by atoms with Gasteiger partial charge in [-0.2, -0.15) is 0 Å². The molecule has 0 fully saturated rings. The molecule has 3 heterocycles. The minimum Gasteiger partial charge on any atom is -0.481 e. The largest absolute Gasteiger partial charge is 0.481 e. The fourth-order valence-electron chi connectivity index (χ4n) is 2.31. The van der Waals surface area contributed by atoms with Gasteiger partial charge in [0.2, 0.25) is 0 Å². The van der Waals surface area contributed by atoms with E-state index in [1.54, 1.807) is 13.1 Å². The van der Waals surface area contributed by atoms with Crippen LogP contribution in [-0.4, -0.2) is 19.6 Å². The van der Waals surface area contributed by atoms with Crippen LogP contribution in [-0.2, 0) is 5.75 Å². The summed E-state index contributed by atoms with van der Waals surface area (Å²) in [4.78, 5) is 17.1. The van der Waals surface area contributed by atoms with Gasteiger partial charge in [0.15, 0.2) is 11.1 Å². The second kappa shape index (κ2) is 7.49. The molecular weight excluding hydrogens is 391 g/mol. The van der Waals surface area contributed by atoms with Crippen LogP contribution < -0.4 is 10.3 Å². The number of thiazole rings is 1. The molecule has 0 spiro atoms. The van der Waals surface area contributed by atoms with Gasteiger partial charge in [0, 0.05) is 23.4 Å². The SMILES string of the molecule is C[C@H](Oc1ccc(F)cc1)c1nnc(SCc2cc(=O)n3ccsc3n2)o1. The van der Waals surface area contributed by atoms with Crippen LogP contribution >= 0.6 is 23.1 Å². The average Bonchev–Trinajstić information content (AvgIpc) is 3.31. The Balaban J connectivity index is 1.41. The Morgan fingerprint density at radius 3 is 2.96 bits per heavy atom. The van der Waals surface area contributed by atoms with Crippen molar-refractivity contribution in [3.8, 4) is 5.75 Å². The van der Waals surface area contributed by atoms with Gasteiger partial charge in [-0.15, -0.1) is 21.5 Å². The Kier molecular flexibility index (Phi) is 4.90. The molecule has 0 amide bonds. The number of aromatic nitrogens is 4. The van der Waals surface area contributed by atoms with Crippen LogP contribution in [0.25, 0.3) is 4.96 Å². The number of ether oxygens (including phenoxy) is 1. The van der Waals surface area contributed by atoms with Crippen molar-refractivity contribution < 1.29 is 13.5 Å². The highest BCUT2D eigenvalue weighted by atomic mass is 32.2. The number of benzene rings is 1. The molecule has 10 heteroatoms. The van der Waals surface area contributed by atoms with Crippen molar-refractivity contribution in [3.63, 3.8) is 0 Å². The topological polar surface area (TPSA) is 82.5 Å². The lowest BCUT2D eigenvalue weighted by Gasteiger charge is -2.10. The molecule has 7 nitrogen and oxygen atoms in total. The third-order valence-corrected chi connectivity index (χ3v) is 5.20. The van der Waals surface area contributed by atoms with Crippen molar-refractivity contribution >= 4 is 28.1 Å². The smallest absolute Gasteiger partial charge is 0.277 e. The number of halogens is 1. The maximum Gasteiger partial charge on any atom is 0.277 e. The van der Waals surface area contributed by atoms with E-state index in [1.165, 1.54) is 57.8 Å². The molecule has 4 aromatic rings. The summed E-state index contributed by atoms with van der Waals surface area (Å²) in [6.07, 6.45) is 1.21. The molecule has 4 rings (SSSR count). The molecule has 1 atom stereocenters. The van der Waals surface area contributed by atoms with Crippen molar-refractivity contribution in [2.24, 2.45) is 0 Å². The van der Waals surface area contributed by atoms with Crippen LogP contribution in [0.3, 0.4) is 0 Å². The number of hydrogen-bond donors (Lipinski definition) is 0. The van der Waals surface area contributed by atoms with Crippen molar-refractivity contribution in [1.29, 1.82) is 0 Å². The van der Waals surface area contributed by atoms with E-state index in [1.807, 2.05) is 5.38 Å². The summed E-state index contributed by atoms with van der Waals surface area (Å²) in [5.74, 6) is 0.910. The average molecular weight is 404 g/mol. The van der Waals surface area contributed by atoms with Crippen LogP contribution in [0.1, 0.15) is 24.6 Å². The Labute approximate surface area is 160 Å². The molecule has 0 aliphatic heterocycles. The number of fused-ring (bicyclic) bond motifs is 1. The zero-order chi connectivity index (χ0) is 18.8. The normalized spacial score (nSPS) is 12.4. The van der Waals surface area contributed by atoms with E-state index >= 15 is 0 Å². The molecule has 0 unspecified atom stereocenters. The monoisotopic (exact) mass is 404 g/mol. The first kappa shape index (κ1) is 17.7. The minimum atomic E-state index is -0.484. The van der Waals surface area contributed by atoms with Gasteiger partial charge in [0.05, 0.1) is 5.69 Å². The lowest BCUT2D eigenvalue weighted by Crippen LogP contribution is -2.12. The van der Waals surface area contributed by atoms with Gasteiger partial charge in [0.25, 0.3) is 16.7 Å². The second-order valence-corrected chi connectivity index (χ2v) is 7.35. The van der Waals surface area contributed by atoms with Gasteiger partial charge in [-0.3, -0.25) is 9.20 Å². The Bertz CT molecular complexity index is 1120. The van der Waals surface area contributed by atoms with Gasteiger partial charge in [-0.1, -0.05) is 11.8 Å².